The molecule has 0 radical (unpaired) electrons. The monoisotopic (exact) mass is 286 g/mol. The van der Waals surface area contributed by atoms with E-state index < -0.39 is 0 Å². The number of aromatic amines is 1. The van der Waals surface area contributed by atoms with Gasteiger partial charge < -0.3 is 4.90 Å². The Bertz CT molecular complexity index is 761. The predicted octanol–water partition coefficient (Wildman–Crippen LogP) is 2.60. The molecule has 0 aliphatic rings. The fourth-order valence-corrected chi connectivity index (χ4v) is 2.92. The molecule has 1 amide bonds. The summed E-state index contributed by atoms with van der Waals surface area (Å²) in [6.07, 6.45) is 3.56. The van der Waals surface area contributed by atoms with Gasteiger partial charge in [0.15, 0.2) is 0 Å². The van der Waals surface area contributed by atoms with Crippen LogP contribution in [0.15, 0.2) is 30.6 Å². The molecular formula is C14H14N4OS. The largest absolute Gasteiger partial charge is 0.337 e. The first-order valence-corrected chi connectivity index (χ1v) is 7.05. The molecule has 0 aliphatic carbocycles. The topological polar surface area (TPSA) is 61.9 Å². The van der Waals surface area contributed by atoms with Crippen molar-refractivity contribution in [3.63, 3.8) is 0 Å². The van der Waals surface area contributed by atoms with Gasteiger partial charge in [-0.2, -0.15) is 5.10 Å². The summed E-state index contributed by atoms with van der Waals surface area (Å²) in [6, 6.07) is 5.56. The lowest BCUT2D eigenvalue weighted by Gasteiger charge is -2.16. The first-order chi connectivity index (χ1) is 9.63. The summed E-state index contributed by atoms with van der Waals surface area (Å²) >= 11 is 1.61. The number of fused-ring (bicyclic) bond motifs is 1. The van der Waals surface area contributed by atoms with Crippen LogP contribution in [0.5, 0.6) is 0 Å². The third-order valence-electron chi connectivity index (χ3n) is 3.10. The number of carbonyl (C=O) groups is 1. The van der Waals surface area contributed by atoms with Crippen molar-refractivity contribution in [1.29, 1.82) is 0 Å². The molecule has 0 bridgehead atoms. The van der Waals surface area contributed by atoms with E-state index in [0.717, 1.165) is 20.8 Å². The van der Waals surface area contributed by atoms with E-state index in [-0.39, 0.29) is 5.91 Å². The van der Waals surface area contributed by atoms with Gasteiger partial charge in [0.05, 0.1) is 23.3 Å². The molecule has 3 aromatic rings. The molecule has 0 atom stereocenters. The number of nitrogens with one attached hydrogen (secondary N) is 1. The maximum absolute atomic E-state index is 12.4. The molecule has 0 saturated heterocycles. The molecule has 2 heterocycles. The van der Waals surface area contributed by atoms with E-state index in [9.17, 15) is 4.79 Å². The lowest BCUT2D eigenvalue weighted by Crippen LogP contribution is -2.25. The third-order valence-corrected chi connectivity index (χ3v) is 4.00. The fraction of sp³-hybridized carbons (Fsp3) is 0.214. The number of rotatable bonds is 3. The zero-order chi connectivity index (χ0) is 14.1. The minimum absolute atomic E-state index is 0.00690. The number of thiazole rings is 1. The highest BCUT2D eigenvalue weighted by atomic mass is 32.1. The summed E-state index contributed by atoms with van der Waals surface area (Å²) < 4.78 is 0. The molecule has 1 aromatic carbocycles. The maximum atomic E-state index is 12.4. The summed E-state index contributed by atoms with van der Waals surface area (Å²) in [6.45, 7) is 2.54. The average Bonchev–Trinajstić information content (AvgIpc) is 3.05. The smallest absolute Gasteiger partial charge is 0.253 e. The van der Waals surface area contributed by atoms with Gasteiger partial charge in [-0.3, -0.25) is 9.89 Å². The van der Waals surface area contributed by atoms with Gasteiger partial charge >= 0.3 is 0 Å². The summed E-state index contributed by atoms with van der Waals surface area (Å²) in [5.74, 6) is -0.00690. The molecule has 1 N–H and O–H groups in total. The van der Waals surface area contributed by atoms with E-state index in [1.165, 1.54) is 0 Å². The van der Waals surface area contributed by atoms with Crippen LogP contribution in [0, 0.1) is 6.92 Å². The van der Waals surface area contributed by atoms with E-state index in [0.29, 0.717) is 12.1 Å². The Morgan fingerprint density at radius 2 is 2.25 bits per heavy atom. The van der Waals surface area contributed by atoms with Crippen LogP contribution >= 0.6 is 11.3 Å². The number of aryl methyl sites for hydroxylation is 1. The van der Waals surface area contributed by atoms with Gasteiger partial charge in [-0.15, -0.1) is 11.3 Å². The summed E-state index contributed by atoms with van der Waals surface area (Å²) in [7, 11) is 1.80. The lowest BCUT2D eigenvalue weighted by molar-refractivity contribution is 0.0786. The highest BCUT2D eigenvalue weighted by molar-refractivity contribution is 7.11. The van der Waals surface area contributed by atoms with Crippen LogP contribution in [0.4, 0.5) is 0 Å². The van der Waals surface area contributed by atoms with Crippen molar-refractivity contribution >= 4 is 28.1 Å². The zero-order valence-electron chi connectivity index (χ0n) is 11.3. The number of aromatic nitrogens is 3. The van der Waals surface area contributed by atoms with Crippen LogP contribution in [-0.2, 0) is 6.54 Å². The second kappa shape index (κ2) is 5.05. The second-order valence-electron chi connectivity index (χ2n) is 4.68. The van der Waals surface area contributed by atoms with Crippen LogP contribution in [0.2, 0.25) is 0 Å². The van der Waals surface area contributed by atoms with Crippen molar-refractivity contribution in [1.82, 2.24) is 20.1 Å². The van der Waals surface area contributed by atoms with Crippen LogP contribution in [0.25, 0.3) is 10.9 Å². The molecule has 6 heteroatoms. The fourth-order valence-electron chi connectivity index (χ4n) is 2.07. The van der Waals surface area contributed by atoms with Gasteiger partial charge in [-0.25, -0.2) is 4.98 Å². The molecule has 3 rings (SSSR count). The van der Waals surface area contributed by atoms with E-state index in [1.807, 2.05) is 31.3 Å². The highest BCUT2D eigenvalue weighted by Gasteiger charge is 2.14. The van der Waals surface area contributed by atoms with Crippen molar-refractivity contribution < 1.29 is 4.79 Å². The SMILES string of the molecule is Cc1ncc(CN(C)C(=O)c2ccc3cn[nH]c3c2)s1. The molecule has 2 aromatic heterocycles. The second-order valence-corrected chi connectivity index (χ2v) is 6.00. The third kappa shape index (κ3) is 2.42. The average molecular weight is 286 g/mol. The van der Waals surface area contributed by atoms with Crippen molar-refractivity contribution in [2.45, 2.75) is 13.5 Å². The van der Waals surface area contributed by atoms with E-state index in [4.69, 9.17) is 0 Å². The minimum atomic E-state index is -0.00690. The summed E-state index contributed by atoms with van der Waals surface area (Å²) in [4.78, 5) is 19.4. The van der Waals surface area contributed by atoms with Crippen molar-refractivity contribution in [3.8, 4) is 0 Å². The molecule has 0 unspecified atom stereocenters. The van der Waals surface area contributed by atoms with E-state index in [2.05, 4.69) is 15.2 Å². The van der Waals surface area contributed by atoms with Gasteiger partial charge in [0.25, 0.3) is 5.91 Å². The quantitative estimate of drug-likeness (QED) is 0.805. The standard InChI is InChI=1S/C14H14N4OS/c1-9-15-7-12(20-9)8-18(2)14(19)10-3-4-11-6-16-17-13(11)5-10/h3-7H,8H2,1-2H3,(H,16,17). The van der Waals surface area contributed by atoms with Crippen molar-refractivity contribution in [2.75, 3.05) is 7.05 Å². The molecular weight excluding hydrogens is 272 g/mol. The van der Waals surface area contributed by atoms with Crippen molar-refractivity contribution in [2.24, 2.45) is 0 Å². The Balaban J connectivity index is 1.80. The molecule has 102 valence electrons. The van der Waals surface area contributed by atoms with Gasteiger partial charge in [-0.1, -0.05) is 6.07 Å². The van der Waals surface area contributed by atoms with Gasteiger partial charge in [0.2, 0.25) is 0 Å². The first kappa shape index (κ1) is 12.8. The number of benzene rings is 1. The number of nitrogens with zero attached hydrogens (tertiary/aromatic N) is 3. The predicted molar refractivity (Wildman–Crippen MR) is 78.7 cm³/mol. The number of hydrogen-bond acceptors (Lipinski definition) is 4. The van der Waals surface area contributed by atoms with Gasteiger partial charge in [-0.05, 0) is 19.1 Å². The number of hydrogen-bond donors (Lipinski definition) is 1. The number of amides is 1. The van der Waals surface area contributed by atoms with Gasteiger partial charge in [0.1, 0.15) is 0 Å². The number of H-pyrrole nitrogens is 1. The molecule has 0 aliphatic heterocycles. The minimum Gasteiger partial charge on any atom is -0.337 e. The van der Waals surface area contributed by atoms with E-state index in [1.54, 1.807) is 29.5 Å². The lowest BCUT2D eigenvalue weighted by atomic mass is 10.1. The molecule has 0 spiro atoms. The Kier molecular flexibility index (Phi) is 3.23. The Hall–Kier alpha value is -2.21. The molecule has 0 saturated carbocycles. The molecule has 0 fully saturated rings. The van der Waals surface area contributed by atoms with Crippen molar-refractivity contribution in [3.05, 3.63) is 46.0 Å². The molecule has 5 nitrogen and oxygen atoms in total. The van der Waals surface area contributed by atoms with E-state index >= 15 is 0 Å². The van der Waals surface area contributed by atoms with Gasteiger partial charge in [0, 0.05) is 29.1 Å². The van der Waals surface area contributed by atoms with Crippen LogP contribution in [0.3, 0.4) is 0 Å². The zero-order valence-corrected chi connectivity index (χ0v) is 12.1. The normalized spacial score (nSPS) is 10.9. The van der Waals surface area contributed by atoms with Crippen LogP contribution in [-0.4, -0.2) is 33.0 Å². The highest BCUT2D eigenvalue weighted by Crippen LogP contribution is 2.17. The summed E-state index contributed by atoms with van der Waals surface area (Å²) in [5, 5.41) is 8.85. The number of carbonyl (C=O) groups excluding carboxylic acids is 1. The molecule has 20 heavy (non-hydrogen) atoms. The Labute approximate surface area is 120 Å². The maximum Gasteiger partial charge on any atom is 0.253 e. The Morgan fingerprint density at radius 1 is 1.40 bits per heavy atom. The Morgan fingerprint density at radius 3 is 3.00 bits per heavy atom. The van der Waals surface area contributed by atoms with Crippen LogP contribution in [0.1, 0.15) is 20.2 Å². The van der Waals surface area contributed by atoms with Crippen LogP contribution < -0.4 is 0 Å². The first-order valence-electron chi connectivity index (χ1n) is 6.23. The summed E-state index contributed by atoms with van der Waals surface area (Å²) in [5.41, 5.74) is 1.53.